The summed E-state index contributed by atoms with van der Waals surface area (Å²) in [6.45, 7) is 0. The first-order valence-electron chi connectivity index (χ1n) is 4.01. The first kappa shape index (κ1) is 6.70. The van der Waals surface area contributed by atoms with E-state index in [4.69, 9.17) is 0 Å². The van der Waals surface area contributed by atoms with E-state index in [9.17, 15) is 4.79 Å². The molecule has 0 saturated heterocycles. The summed E-state index contributed by atoms with van der Waals surface area (Å²) < 4.78 is 0. The highest BCUT2D eigenvalue weighted by Crippen LogP contribution is 2.28. The molecule has 0 N–H and O–H groups in total. The van der Waals surface area contributed by atoms with Gasteiger partial charge in [0.25, 0.3) is 5.91 Å². The van der Waals surface area contributed by atoms with Crippen molar-refractivity contribution in [1.29, 1.82) is 0 Å². The van der Waals surface area contributed by atoms with Crippen molar-refractivity contribution in [3.8, 4) is 0 Å². The Morgan fingerprint density at radius 1 is 1.45 bits per heavy atom. The number of fused-ring (bicyclic) bond motifs is 1. The summed E-state index contributed by atoms with van der Waals surface area (Å²) in [6.07, 6.45) is 6.18. The number of azo groups is 1. The molecule has 0 aromatic rings. The SMILES string of the molecule is O=C1C=C2CCCCC2N=N1. The van der Waals surface area contributed by atoms with Gasteiger partial charge in [0.15, 0.2) is 0 Å². The molecular formula is C8H10N2O. The Labute approximate surface area is 65.2 Å². The molecule has 3 nitrogen and oxygen atoms in total. The van der Waals surface area contributed by atoms with Crippen molar-refractivity contribution in [1.82, 2.24) is 0 Å². The van der Waals surface area contributed by atoms with Crippen LogP contribution in [0.2, 0.25) is 0 Å². The van der Waals surface area contributed by atoms with Crippen LogP contribution in [0, 0.1) is 0 Å². The minimum absolute atomic E-state index is 0.182. The Balaban J connectivity index is 2.21. The van der Waals surface area contributed by atoms with Crippen LogP contribution in [-0.2, 0) is 4.79 Å². The summed E-state index contributed by atoms with van der Waals surface area (Å²) in [6, 6.07) is 0.237. The van der Waals surface area contributed by atoms with Crippen LogP contribution in [0.5, 0.6) is 0 Å². The summed E-state index contributed by atoms with van der Waals surface area (Å²) in [5.41, 5.74) is 1.19. The smallest absolute Gasteiger partial charge is 0.266 e. The fourth-order valence-electron chi connectivity index (χ4n) is 1.63. The first-order valence-corrected chi connectivity index (χ1v) is 4.01. The second-order valence-corrected chi connectivity index (χ2v) is 3.03. The maximum absolute atomic E-state index is 10.8. The zero-order valence-electron chi connectivity index (χ0n) is 6.29. The van der Waals surface area contributed by atoms with Gasteiger partial charge < -0.3 is 0 Å². The van der Waals surface area contributed by atoms with Crippen molar-refractivity contribution in [3.63, 3.8) is 0 Å². The normalized spacial score (nSPS) is 29.6. The summed E-state index contributed by atoms with van der Waals surface area (Å²) in [5.74, 6) is -0.182. The van der Waals surface area contributed by atoms with E-state index in [1.165, 1.54) is 18.4 Å². The monoisotopic (exact) mass is 150 g/mol. The zero-order valence-corrected chi connectivity index (χ0v) is 6.29. The molecule has 58 valence electrons. The molecule has 1 aliphatic carbocycles. The molecule has 1 amide bonds. The van der Waals surface area contributed by atoms with Crippen LogP contribution < -0.4 is 0 Å². The molecule has 0 aromatic carbocycles. The van der Waals surface area contributed by atoms with Crippen LogP contribution in [0.15, 0.2) is 21.9 Å². The molecule has 11 heavy (non-hydrogen) atoms. The van der Waals surface area contributed by atoms with Crippen LogP contribution >= 0.6 is 0 Å². The molecule has 0 spiro atoms. The van der Waals surface area contributed by atoms with Crippen molar-refractivity contribution >= 4 is 5.91 Å². The highest BCUT2D eigenvalue weighted by Gasteiger charge is 2.21. The lowest BCUT2D eigenvalue weighted by molar-refractivity contribution is -0.114. The van der Waals surface area contributed by atoms with Crippen molar-refractivity contribution in [3.05, 3.63) is 11.6 Å². The number of hydrogen-bond donors (Lipinski definition) is 0. The topological polar surface area (TPSA) is 41.8 Å². The zero-order chi connectivity index (χ0) is 7.68. The Morgan fingerprint density at radius 2 is 2.36 bits per heavy atom. The van der Waals surface area contributed by atoms with Gasteiger partial charge in [-0.05, 0) is 24.8 Å². The largest absolute Gasteiger partial charge is 0.287 e. The van der Waals surface area contributed by atoms with Crippen molar-refractivity contribution in [2.45, 2.75) is 31.7 Å². The Kier molecular flexibility index (Phi) is 1.56. The molecule has 0 bridgehead atoms. The quantitative estimate of drug-likeness (QED) is 0.519. The number of hydrogen-bond acceptors (Lipinski definition) is 2. The molecule has 1 aliphatic heterocycles. The van der Waals surface area contributed by atoms with Crippen LogP contribution in [0.3, 0.4) is 0 Å². The van der Waals surface area contributed by atoms with Gasteiger partial charge in [0.1, 0.15) is 0 Å². The molecule has 1 unspecified atom stereocenters. The van der Waals surface area contributed by atoms with Crippen LogP contribution in [0.1, 0.15) is 25.7 Å². The highest BCUT2D eigenvalue weighted by atomic mass is 16.1. The van der Waals surface area contributed by atoms with E-state index in [1.807, 2.05) is 0 Å². The Bertz CT molecular complexity index is 242. The average molecular weight is 150 g/mol. The van der Waals surface area contributed by atoms with E-state index in [0.717, 1.165) is 12.8 Å². The van der Waals surface area contributed by atoms with E-state index < -0.39 is 0 Å². The molecule has 1 atom stereocenters. The molecule has 1 heterocycles. The maximum Gasteiger partial charge on any atom is 0.287 e. The number of carbonyl (C=O) groups is 1. The van der Waals surface area contributed by atoms with Gasteiger partial charge in [0.05, 0.1) is 6.04 Å². The molecule has 2 aliphatic rings. The summed E-state index contributed by atoms with van der Waals surface area (Å²) in [5, 5.41) is 7.46. The summed E-state index contributed by atoms with van der Waals surface area (Å²) in [7, 11) is 0. The minimum Gasteiger partial charge on any atom is -0.266 e. The fraction of sp³-hybridized carbons (Fsp3) is 0.625. The lowest BCUT2D eigenvalue weighted by Crippen LogP contribution is -2.17. The maximum atomic E-state index is 10.8. The summed E-state index contributed by atoms with van der Waals surface area (Å²) in [4.78, 5) is 10.8. The standard InChI is InChI=1S/C8H10N2O/c11-8-5-6-3-1-2-4-7(6)9-10-8/h5,7H,1-4H2. The van der Waals surface area contributed by atoms with Crippen molar-refractivity contribution in [2.24, 2.45) is 10.2 Å². The second kappa shape index (κ2) is 2.57. The first-order chi connectivity index (χ1) is 5.36. The van der Waals surface area contributed by atoms with Gasteiger partial charge in [-0.2, -0.15) is 5.11 Å². The van der Waals surface area contributed by atoms with Crippen molar-refractivity contribution in [2.75, 3.05) is 0 Å². The minimum atomic E-state index is -0.182. The second-order valence-electron chi connectivity index (χ2n) is 3.03. The Hall–Kier alpha value is -0.990. The van der Waals surface area contributed by atoms with Gasteiger partial charge >= 0.3 is 0 Å². The molecule has 2 rings (SSSR count). The van der Waals surface area contributed by atoms with Crippen LogP contribution in [0.25, 0.3) is 0 Å². The molecule has 1 saturated carbocycles. The van der Waals surface area contributed by atoms with E-state index in [0.29, 0.717) is 0 Å². The van der Waals surface area contributed by atoms with Gasteiger partial charge in [0, 0.05) is 6.08 Å². The van der Waals surface area contributed by atoms with Crippen molar-refractivity contribution < 1.29 is 4.79 Å². The van der Waals surface area contributed by atoms with E-state index in [2.05, 4.69) is 10.2 Å². The highest BCUT2D eigenvalue weighted by molar-refractivity contribution is 5.89. The predicted molar refractivity (Wildman–Crippen MR) is 40.2 cm³/mol. The van der Waals surface area contributed by atoms with E-state index in [-0.39, 0.29) is 11.9 Å². The molecule has 0 radical (unpaired) electrons. The van der Waals surface area contributed by atoms with E-state index >= 15 is 0 Å². The average Bonchev–Trinajstić information content (AvgIpc) is 2.04. The third-order valence-electron chi connectivity index (χ3n) is 2.23. The third-order valence-corrected chi connectivity index (χ3v) is 2.23. The summed E-state index contributed by atoms with van der Waals surface area (Å²) >= 11 is 0. The lowest BCUT2D eigenvalue weighted by Gasteiger charge is -2.22. The van der Waals surface area contributed by atoms with Crippen LogP contribution in [0.4, 0.5) is 0 Å². The number of nitrogens with zero attached hydrogens (tertiary/aromatic N) is 2. The molecule has 0 aromatic heterocycles. The van der Waals surface area contributed by atoms with Gasteiger partial charge in [0.2, 0.25) is 0 Å². The van der Waals surface area contributed by atoms with E-state index in [1.54, 1.807) is 6.08 Å². The molecule has 3 heteroatoms. The lowest BCUT2D eigenvalue weighted by atomic mass is 9.90. The third kappa shape index (κ3) is 1.23. The molecule has 1 fully saturated rings. The number of amides is 1. The number of rotatable bonds is 0. The predicted octanol–water partition coefficient (Wildman–Crippen LogP) is 1.85. The van der Waals surface area contributed by atoms with Gasteiger partial charge in [-0.25, -0.2) is 0 Å². The Morgan fingerprint density at radius 3 is 3.27 bits per heavy atom. The fourth-order valence-corrected chi connectivity index (χ4v) is 1.63. The van der Waals surface area contributed by atoms with Gasteiger partial charge in [-0.15, -0.1) is 5.11 Å². The van der Waals surface area contributed by atoms with Crippen LogP contribution in [-0.4, -0.2) is 11.9 Å². The van der Waals surface area contributed by atoms with Gasteiger partial charge in [-0.1, -0.05) is 6.42 Å². The molecular weight excluding hydrogens is 140 g/mol. The number of carbonyl (C=O) groups excluding carboxylic acids is 1. The van der Waals surface area contributed by atoms with Gasteiger partial charge in [-0.3, -0.25) is 4.79 Å².